The maximum atomic E-state index is 6.44. The van der Waals surface area contributed by atoms with Crippen molar-refractivity contribution in [1.29, 1.82) is 0 Å². The van der Waals surface area contributed by atoms with Gasteiger partial charge in [-0.25, -0.2) is 0 Å². The van der Waals surface area contributed by atoms with Crippen LogP contribution in [0.5, 0.6) is 0 Å². The van der Waals surface area contributed by atoms with E-state index in [1.54, 1.807) is 11.3 Å². The molecule has 0 unspecified atom stereocenters. The Morgan fingerprint density at radius 3 is 2.59 bits per heavy atom. The molecule has 0 aliphatic heterocycles. The first-order chi connectivity index (χ1) is 10.8. The third-order valence-corrected chi connectivity index (χ3v) is 5.07. The molecule has 0 aliphatic carbocycles. The molecule has 5 heteroatoms. The first-order valence-corrected chi connectivity index (χ1v) is 8.04. The highest BCUT2D eigenvalue weighted by molar-refractivity contribution is 7.23. The molecule has 4 aromatic rings. The van der Waals surface area contributed by atoms with Crippen LogP contribution in [0.4, 0.5) is 0 Å². The molecule has 0 aliphatic rings. The molecule has 108 valence electrons. The molecule has 0 N–H and O–H groups in total. The minimum atomic E-state index is 0.483. The van der Waals surface area contributed by atoms with E-state index < -0.39 is 0 Å². The molecule has 0 saturated heterocycles. The highest BCUT2D eigenvalue weighted by Gasteiger charge is 2.17. The number of nitrogens with zero attached hydrogens (tertiary/aromatic N) is 2. The number of hydrogen-bond donors (Lipinski definition) is 0. The molecule has 0 atom stereocenters. The Bertz CT molecular complexity index is 930. The number of benzene rings is 2. The topological polar surface area (TPSA) is 38.9 Å². The summed E-state index contributed by atoms with van der Waals surface area (Å²) in [5.74, 6) is 1.15. The Balaban J connectivity index is 1.69. The second kappa shape index (κ2) is 5.55. The van der Waals surface area contributed by atoms with Crippen LogP contribution in [0.15, 0.2) is 59.1 Å². The predicted octanol–water partition coefficient (Wildman–Crippen LogP) is 5.20. The van der Waals surface area contributed by atoms with Gasteiger partial charge in [0.25, 0.3) is 5.89 Å². The van der Waals surface area contributed by atoms with Crippen LogP contribution in [0.25, 0.3) is 20.9 Å². The SMILES string of the molecule is Clc1c(-c2nc(Cc3ccccc3)no2)sc2ccccc12. The molecule has 4 rings (SSSR count). The van der Waals surface area contributed by atoms with Crippen molar-refractivity contribution in [3.63, 3.8) is 0 Å². The van der Waals surface area contributed by atoms with Crippen LogP contribution in [0.3, 0.4) is 0 Å². The van der Waals surface area contributed by atoms with Gasteiger partial charge in [0.15, 0.2) is 5.82 Å². The molecule has 3 nitrogen and oxygen atoms in total. The van der Waals surface area contributed by atoms with Gasteiger partial charge in [-0.15, -0.1) is 11.3 Å². The van der Waals surface area contributed by atoms with Crippen molar-refractivity contribution >= 4 is 33.0 Å². The summed E-state index contributed by atoms with van der Waals surface area (Å²) in [6.07, 6.45) is 0.646. The highest BCUT2D eigenvalue weighted by Crippen LogP contribution is 2.41. The van der Waals surface area contributed by atoms with Gasteiger partial charge < -0.3 is 4.52 Å². The van der Waals surface area contributed by atoms with E-state index in [2.05, 4.69) is 10.1 Å². The van der Waals surface area contributed by atoms with Crippen LogP contribution in [-0.4, -0.2) is 10.1 Å². The summed E-state index contributed by atoms with van der Waals surface area (Å²) in [5, 5.41) is 5.76. The number of hydrogen-bond acceptors (Lipinski definition) is 4. The summed E-state index contributed by atoms with van der Waals surface area (Å²) in [7, 11) is 0. The van der Waals surface area contributed by atoms with E-state index in [4.69, 9.17) is 16.1 Å². The lowest BCUT2D eigenvalue weighted by atomic mass is 10.1. The summed E-state index contributed by atoms with van der Waals surface area (Å²) in [5.41, 5.74) is 1.15. The summed E-state index contributed by atoms with van der Waals surface area (Å²) in [4.78, 5) is 5.31. The van der Waals surface area contributed by atoms with Gasteiger partial charge in [-0.05, 0) is 11.6 Å². The lowest BCUT2D eigenvalue weighted by molar-refractivity contribution is 0.425. The summed E-state index contributed by atoms with van der Waals surface area (Å²) < 4.78 is 6.51. The molecule has 0 saturated carbocycles. The van der Waals surface area contributed by atoms with Crippen molar-refractivity contribution in [2.75, 3.05) is 0 Å². The van der Waals surface area contributed by atoms with E-state index in [-0.39, 0.29) is 0 Å². The Morgan fingerprint density at radius 1 is 1.00 bits per heavy atom. The average Bonchev–Trinajstić information content (AvgIpc) is 3.14. The number of fused-ring (bicyclic) bond motifs is 1. The Labute approximate surface area is 136 Å². The van der Waals surface area contributed by atoms with E-state index in [9.17, 15) is 0 Å². The number of halogens is 1. The van der Waals surface area contributed by atoms with E-state index >= 15 is 0 Å². The second-order valence-electron chi connectivity index (χ2n) is 4.92. The van der Waals surface area contributed by atoms with Gasteiger partial charge in [0.05, 0.1) is 5.02 Å². The van der Waals surface area contributed by atoms with Crippen molar-refractivity contribution in [2.24, 2.45) is 0 Å². The first kappa shape index (κ1) is 13.5. The van der Waals surface area contributed by atoms with E-state index in [1.165, 1.54) is 0 Å². The zero-order chi connectivity index (χ0) is 14.9. The Kier molecular flexibility index (Phi) is 3.41. The first-order valence-electron chi connectivity index (χ1n) is 6.85. The minimum Gasteiger partial charge on any atom is -0.333 e. The van der Waals surface area contributed by atoms with Gasteiger partial charge in [0.1, 0.15) is 4.88 Å². The fraction of sp³-hybridized carbons (Fsp3) is 0.0588. The van der Waals surface area contributed by atoms with Gasteiger partial charge in [0.2, 0.25) is 0 Å². The monoisotopic (exact) mass is 326 g/mol. The normalized spacial score (nSPS) is 11.1. The van der Waals surface area contributed by atoms with Crippen molar-refractivity contribution in [2.45, 2.75) is 6.42 Å². The van der Waals surface area contributed by atoms with E-state index in [1.807, 2.05) is 54.6 Å². The lowest BCUT2D eigenvalue weighted by Gasteiger charge is -1.94. The number of aromatic nitrogens is 2. The predicted molar refractivity (Wildman–Crippen MR) is 89.4 cm³/mol. The van der Waals surface area contributed by atoms with Crippen LogP contribution in [0.1, 0.15) is 11.4 Å². The molecule has 22 heavy (non-hydrogen) atoms. The third-order valence-electron chi connectivity index (χ3n) is 3.40. The summed E-state index contributed by atoms with van der Waals surface area (Å²) >= 11 is 8.01. The van der Waals surface area contributed by atoms with E-state index in [0.29, 0.717) is 23.2 Å². The smallest absolute Gasteiger partial charge is 0.269 e. The molecule has 0 fully saturated rings. The van der Waals surface area contributed by atoms with Crippen LogP contribution < -0.4 is 0 Å². The van der Waals surface area contributed by atoms with Crippen LogP contribution in [-0.2, 0) is 6.42 Å². The maximum Gasteiger partial charge on any atom is 0.269 e. The van der Waals surface area contributed by atoms with Crippen LogP contribution >= 0.6 is 22.9 Å². The molecular formula is C17H11ClN2OS. The van der Waals surface area contributed by atoms with Gasteiger partial charge in [0, 0.05) is 16.5 Å². The molecular weight excluding hydrogens is 316 g/mol. The average molecular weight is 327 g/mol. The second-order valence-corrected chi connectivity index (χ2v) is 6.35. The summed E-state index contributed by atoms with van der Waals surface area (Å²) in [6, 6.07) is 18.1. The van der Waals surface area contributed by atoms with Gasteiger partial charge >= 0.3 is 0 Å². The Hall–Kier alpha value is -2.17. The lowest BCUT2D eigenvalue weighted by Crippen LogP contribution is -1.89. The number of thiophene rings is 1. The molecule has 0 spiro atoms. The zero-order valence-electron chi connectivity index (χ0n) is 11.5. The minimum absolute atomic E-state index is 0.483. The van der Waals surface area contributed by atoms with E-state index in [0.717, 1.165) is 20.5 Å². The standard InChI is InChI=1S/C17H11ClN2OS/c18-15-12-8-4-5-9-13(12)22-16(15)17-19-14(20-21-17)10-11-6-2-1-3-7-11/h1-9H,10H2. The van der Waals surface area contributed by atoms with Crippen LogP contribution in [0, 0.1) is 0 Å². The van der Waals surface area contributed by atoms with Crippen molar-refractivity contribution in [3.05, 3.63) is 71.0 Å². The fourth-order valence-corrected chi connectivity index (χ4v) is 3.78. The molecule has 0 radical (unpaired) electrons. The highest BCUT2D eigenvalue weighted by atomic mass is 35.5. The van der Waals surface area contributed by atoms with Gasteiger partial charge in [-0.3, -0.25) is 0 Å². The van der Waals surface area contributed by atoms with Crippen molar-refractivity contribution in [3.8, 4) is 10.8 Å². The fourth-order valence-electron chi connectivity index (χ4n) is 2.35. The van der Waals surface area contributed by atoms with Gasteiger partial charge in [-0.1, -0.05) is 65.3 Å². The van der Waals surface area contributed by atoms with Gasteiger partial charge in [-0.2, -0.15) is 4.98 Å². The third kappa shape index (κ3) is 2.40. The van der Waals surface area contributed by atoms with Crippen LogP contribution in [0.2, 0.25) is 5.02 Å². The molecule has 2 heterocycles. The van der Waals surface area contributed by atoms with Crippen molar-refractivity contribution in [1.82, 2.24) is 10.1 Å². The zero-order valence-corrected chi connectivity index (χ0v) is 13.1. The maximum absolute atomic E-state index is 6.44. The Morgan fingerprint density at radius 2 is 1.77 bits per heavy atom. The molecule has 2 aromatic carbocycles. The van der Waals surface area contributed by atoms with Crippen molar-refractivity contribution < 1.29 is 4.52 Å². The molecule has 2 aromatic heterocycles. The quantitative estimate of drug-likeness (QED) is 0.519. The number of rotatable bonds is 3. The molecule has 0 amide bonds. The summed E-state index contributed by atoms with van der Waals surface area (Å²) in [6.45, 7) is 0. The molecule has 0 bridgehead atoms. The largest absolute Gasteiger partial charge is 0.333 e.